The number of hydrogen-bond donors (Lipinski definition) is 1. The summed E-state index contributed by atoms with van der Waals surface area (Å²) in [5, 5.41) is 0. The van der Waals surface area contributed by atoms with Gasteiger partial charge >= 0.3 is 0 Å². The SMILES string of the molecule is CC(C)n1c(C2CCCCC2)nc(-c2cccnc2)c1N. The zero-order valence-corrected chi connectivity index (χ0v) is 12.9. The normalized spacial score (nSPS) is 16.5. The van der Waals surface area contributed by atoms with Crippen molar-refractivity contribution in [3.63, 3.8) is 0 Å². The van der Waals surface area contributed by atoms with E-state index in [1.807, 2.05) is 18.3 Å². The van der Waals surface area contributed by atoms with Crippen LogP contribution in [0.4, 0.5) is 5.82 Å². The van der Waals surface area contributed by atoms with Crippen LogP contribution < -0.4 is 5.73 Å². The summed E-state index contributed by atoms with van der Waals surface area (Å²) in [5.74, 6) is 2.49. The highest BCUT2D eigenvalue weighted by molar-refractivity contribution is 5.70. The number of nitrogen functional groups attached to an aromatic ring is 1. The fourth-order valence-electron chi connectivity index (χ4n) is 3.37. The second-order valence-electron chi connectivity index (χ2n) is 6.24. The maximum absolute atomic E-state index is 6.42. The maximum Gasteiger partial charge on any atom is 0.132 e. The molecule has 0 saturated heterocycles. The lowest BCUT2D eigenvalue weighted by Gasteiger charge is -2.24. The summed E-state index contributed by atoms with van der Waals surface area (Å²) in [6, 6.07) is 4.30. The summed E-state index contributed by atoms with van der Waals surface area (Å²) in [6.07, 6.45) is 10.0. The molecule has 0 spiro atoms. The Labute approximate surface area is 126 Å². The van der Waals surface area contributed by atoms with Gasteiger partial charge in [0.05, 0.1) is 0 Å². The van der Waals surface area contributed by atoms with Crippen LogP contribution in [0.1, 0.15) is 63.7 Å². The number of aromatic nitrogens is 3. The summed E-state index contributed by atoms with van der Waals surface area (Å²) < 4.78 is 2.22. The summed E-state index contributed by atoms with van der Waals surface area (Å²) in [7, 11) is 0. The standard InChI is InChI=1S/C17H24N4/c1-12(2)21-16(18)15(14-9-6-10-19-11-14)20-17(21)13-7-4-3-5-8-13/h6,9-13H,3-5,7-8,18H2,1-2H3. The Hall–Kier alpha value is -1.84. The zero-order valence-electron chi connectivity index (χ0n) is 12.9. The van der Waals surface area contributed by atoms with Crippen molar-refractivity contribution in [1.29, 1.82) is 0 Å². The van der Waals surface area contributed by atoms with E-state index in [-0.39, 0.29) is 0 Å². The number of nitrogens with two attached hydrogens (primary N) is 1. The van der Waals surface area contributed by atoms with Gasteiger partial charge in [0, 0.05) is 29.9 Å². The predicted octanol–water partition coefficient (Wildman–Crippen LogP) is 4.16. The van der Waals surface area contributed by atoms with Crippen molar-refractivity contribution in [3.05, 3.63) is 30.4 Å². The average molecular weight is 284 g/mol. The van der Waals surface area contributed by atoms with Gasteiger partial charge in [0.15, 0.2) is 0 Å². The second-order valence-corrected chi connectivity index (χ2v) is 6.24. The van der Waals surface area contributed by atoms with E-state index in [9.17, 15) is 0 Å². The Balaban J connectivity index is 2.07. The van der Waals surface area contributed by atoms with Gasteiger partial charge in [0.25, 0.3) is 0 Å². The first-order chi connectivity index (χ1) is 10.2. The Kier molecular flexibility index (Phi) is 3.95. The molecule has 1 fully saturated rings. The molecule has 0 amide bonds. The molecule has 0 unspecified atom stereocenters. The summed E-state index contributed by atoms with van der Waals surface area (Å²) in [5.41, 5.74) is 8.31. The quantitative estimate of drug-likeness (QED) is 0.921. The van der Waals surface area contributed by atoms with E-state index in [1.54, 1.807) is 6.20 Å². The molecule has 0 radical (unpaired) electrons. The van der Waals surface area contributed by atoms with Crippen LogP contribution in [-0.4, -0.2) is 14.5 Å². The van der Waals surface area contributed by atoms with Crippen molar-refractivity contribution in [1.82, 2.24) is 14.5 Å². The third-order valence-corrected chi connectivity index (χ3v) is 4.40. The molecule has 112 valence electrons. The van der Waals surface area contributed by atoms with E-state index >= 15 is 0 Å². The maximum atomic E-state index is 6.42. The van der Waals surface area contributed by atoms with Crippen LogP contribution in [0.25, 0.3) is 11.3 Å². The van der Waals surface area contributed by atoms with Crippen molar-refractivity contribution >= 4 is 5.82 Å². The minimum absolute atomic E-state index is 0.333. The van der Waals surface area contributed by atoms with Crippen molar-refractivity contribution in [2.24, 2.45) is 0 Å². The van der Waals surface area contributed by atoms with Crippen LogP contribution in [0.15, 0.2) is 24.5 Å². The summed E-state index contributed by atoms with van der Waals surface area (Å²) in [4.78, 5) is 9.12. The molecule has 1 aliphatic carbocycles. The molecular formula is C17H24N4. The van der Waals surface area contributed by atoms with Gasteiger partial charge in [-0.1, -0.05) is 19.3 Å². The molecule has 4 nitrogen and oxygen atoms in total. The number of pyridine rings is 1. The Morgan fingerprint density at radius 3 is 2.62 bits per heavy atom. The molecule has 2 aromatic heterocycles. The molecule has 0 aromatic carbocycles. The Bertz CT molecular complexity index is 595. The van der Waals surface area contributed by atoms with Gasteiger partial charge < -0.3 is 10.3 Å². The van der Waals surface area contributed by atoms with Crippen molar-refractivity contribution < 1.29 is 0 Å². The summed E-state index contributed by atoms with van der Waals surface area (Å²) >= 11 is 0. The number of anilines is 1. The number of hydrogen-bond acceptors (Lipinski definition) is 3. The molecule has 0 bridgehead atoms. The molecule has 2 aromatic rings. The fourth-order valence-corrected chi connectivity index (χ4v) is 3.37. The van der Waals surface area contributed by atoms with Gasteiger partial charge in [0.2, 0.25) is 0 Å². The average Bonchev–Trinajstić information content (AvgIpc) is 2.87. The highest BCUT2D eigenvalue weighted by Gasteiger charge is 2.25. The highest BCUT2D eigenvalue weighted by atomic mass is 15.2. The molecule has 2 N–H and O–H groups in total. The third-order valence-electron chi connectivity index (χ3n) is 4.40. The smallest absolute Gasteiger partial charge is 0.132 e. The molecule has 0 aliphatic heterocycles. The van der Waals surface area contributed by atoms with Gasteiger partial charge in [-0.15, -0.1) is 0 Å². The van der Waals surface area contributed by atoms with Crippen LogP contribution in [0.2, 0.25) is 0 Å². The van der Waals surface area contributed by atoms with Crippen LogP contribution in [0, 0.1) is 0 Å². The van der Waals surface area contributed by atoms with E-state index in [2.05, 4.69) is 23.4 Å². The molecule has 0 atom stereocenters. The van der Waals surface area contributed by atoms with E-state index in [0.29, 0.717) is 12.0 Å². The van der Waals surface area contributed by atoms with Crippen molar-refractivity contribution in [2.45, 2.75) is 57.9 Å². The lowest BCUT2D eigenvalue weighted by molar-refractivity contribution is 0.408. The third kappa shape index (κ3) is 2.67. The predicted molar refractivity (Wildman–Crippen MR) is 86.1 cm³/mol. The van der Waals surface area contributed by atoms with Crippen LogP contribution >= 0.6 is 0 Å². The van der Waals surface area contributed by atoms with Crippen molar-refractivity contribution in [2.75, 3.05) is 5.73 Å². The zero-order chi connectivity index (χ0) is 14.8. The number of nitrogens with zero attached hydrogens (tertiary/aromatic N) is 3. The molecule has 1 saturated carbocycles. The lowest BCUT2D eigenvalue weighted by Crippen LogP contribution is -2.15. The Morgan fingerprint density at radius 2 is 2.00 bits per heavy atom. The molecule has 21 heavy (non-hydrogen) atoms. The van der Waals surface area contributed by atoms with E-state index in [0.717, 1.165) is 17.1 Å². The minimum Gasteiger partial charge on any atom is -0.383 e. The number of rotatable bonds is 3. The largest absolute Gasteiger partial charge is 0.383 e. The van der Waals surface area contributed by atoms with E-state index in [4.69, 9.17) is 10.7 Å². The molecule has 4 heteroatoms. The summed E-state index contributed by atoms with van der Waals surface area (Å²) in [6.45, 7) is 4.36. The Morgan fingerprint density at radius 1 is 1.24 bits per heavy atom. The van der Waals surface area contributed by atoms with Crippen LogP contribution in [0.5, 0.6) is 0 Å². The highest BCUT2D eigenvalue weighted by Crippen LogP contribution is 2.37. The monoisotopic (exact) mass is 284 g/mol. The molecular weight excluding hydrogens is 260 g/mol. The molecule has 2 heterocycles. The van der Waals surface area contributed by atoms with E-state index < -0.39 is 0 Å². The molecule has 1 aliphatic rings. The fraction of sp³-hybridized carbons (Fsp3) is 0.529. The lowest BCUT2D eigenvalue weighted by atomic mass is 9.88. The van der Waals surface area contributed by atoms with Gasteiger partial charge in [-0.2, -0.15) is 0 Å². The first kappa shape index (κ1) is 14.1. The first-order valence-corrected chi connectivity index (χ1v) is 7.96. The van der Waals surface area contributed by atoms with Crippen LogP contribution in [0.3, 0.4) is 0 Å². The van der Waals surface area contributed by atoms with Gasteiger partial charge in [0.1, 0.15) is 17.3 Å². The first-order valence-electron chi connectivity index (χ1n) is 7.96. The topological polar surface area (TPSA) is 56.7 Å². The van der Waals surface area contributed by atoms with E-state index in [1.165, 1.54) is 37.9 Å². The van der Waals surface area contributed by atoms with Gasteiger partial charge in [-0.3, -0.25) is 4.98 Å². The minimum atomic E-state index is 0.333. The van der Waals surface area contributed by atoms with Gasteiger partial charge in [-0.25, -0.2) is 4.98 Å². The van der Waals surface area contributed by atoms with Gasteiger partial charge in [-0.05, 0) is 38.8 Å². The second kappa shape index (κ2) is 5.88. The molecule has 3 rings (SSSR count). The number of imidazole rings is 1. The van der Waals surface area contributed by atoms with Crippen LogP contribution in [-0.2, 0) is 0 Å². The van der Waals surface area contributed by atoms with Crippen molar-refractivity contribution in [3.8, 4) is 11.3 Å².